The highest BCUT2D eigenvalue weighted by Crippen LogP contribution is 2.36. The Kier molecular flexibility index (Phi) is 1.87. The van der Waals surface area contributed by atoms with Gasteiger partial charge in [0.1, 0.15) is 0 Å². The van der Waals surface area contributed by atoms with Crippen molar-refractivity contribution in [1.82, 2.24) is 9.55 Å². The van der Waals surface area contributed by atoms with E-state index in [1.165, 1.54) is 24.8 Å². The van der Waals surface area contributed by atoms with E-state index in [9.17, 15) is 0 Å². The van der Waals surface area contributed by atoms with Gasteiger partial charge in [-0.3, -0.25) is 0 Å². The molecule has 0 amide bonds. The second kappa shape index (κ2) is 3.09. The average molecular weight is 251 g/mol. The summed E-state index contributed by atoms with van der Waals surface area (Å²) in [5.41, 5.74) is 2.34. The largest absolute Gasteiger partial charge is 0.315 e. The molecule has 2 nitrogen and oxygen atoms in total. The highest BCUT2D eigenvalue weighted by atomic mass is 79.9. The standard InChI is InChI=1S/C11H11BrN2/c12-11-13-9-6-1-2-7-10(9)14(11)8-4-3-5-8/h1-2,6-8H,3-5H2. The number of benzene rings is 1. The summed E-state index contributed by atoms with van der Waals surface area (Å²) in [7, 11) is 0. The predicted molar refractivity (Wildman–Crippen MR) is 60.3 cm³/mol. The molecule has 3 rings (SSSR count). The summed E-state index contributed by atoms with van der Waals surface area (Å²) in [5.74, 6) is 0. The minimum Gasteiger partial charge on any atom is -0.315 e. The molecular formula is C11H11BrN2. The number of imidazole rings is 1. The number of hydrogen-bond donors (Lipinski definition) is 0. The van der Waals surface area contributed by atoms with Gasteiger partial charge in [0.15, 0.2) is 4.73 Å². The lowest BCUT2D eigenvalue weighted by Gasteiger charge is -2.28. The van der Waals surface area contributed by atoms with E-state index < -0.39 is 0 Å². The third-order valence-electron chi connectivity index (χ3n) is 2.99. The summed E-state index contributed by atoms with van der Waals surface area (Å²) in [5, 5.41) is 0. The zero-order valence-corrected chi connectivity index (χ0v) is 9.37. The van der Waals surface area contributed by atoms with Crippen LogP contribution in [-0.4, -0.2) is 9.55 Å². The molecule has 1 aliphatic rings. The van der Waals surface area contributed by atoms with Crippen LogP contribution in [0.2, 0.25) is 0 Å². The third-order valence-corrected chi connectivity index (χ3v) is 3.55. The molecule has 0 radical (unpaired) electrons. The van der Waals surface area contributed by atoms with Gasteiger partial charge in [-0.05, 0) is 47.3 Å². The summed E-state index contributed by atoms with van der Waals surface area (Å²) < 4.78 is 3.29. The van der Waals surface area contributed by atoms with Crippen molar-refractivity contribution in [3.05, 3.63) is 29.0 Å². The monoisotopic (exact) mass is 250 g/mol. The summed E-state index contributed by atoms with van der Waals surface area (Å²) in [4.78, 5) is 4.50. The van der Waals surface area contributed by atoms with Gasteiger partial charge in [0.05, 0.1) is 11.0 Å². The Bertz CT molecular complexity index is 471. The number of fused-ring (bicyclic) bond motifs is 1. The minimum absolute atomic E-state index is 0.664. The van der Waals surface area contributed by atoms with Crippen molar-refractivity contribution < 1.29 is 0 Å². The SMILES string of the molecule is Brc1nc2ccccc2n1C1CCC1. The molecule has 1 aromatic heterocycles. The predicted octanol–water partition coefficient (Wildman–Crippen LogP) is 3.52. The van der Waals surface area contributed by atoms with E-state index in [-0.39, 0.29) is 0 Å². The molecule has 0 N–H and O–H groups in total. The van der Waals surface area contributed by atoms with Crippen LogP contribution in [0.3, 0.4) is 0 Å². The topological polar surface area (TPSA) is 17.8 Å². The molecule has 72 valence electrons. The normalized spacial score (nSPS) is 17.2. The molecule has 3 heteroatoms. The zero-order valence-electron chi connectivity index (χ0n) is 7.78. The molecule has 0 atom stereocenters. The van der Waals surface area contributed by atoms with E-state index in [1.807, 2.05) is 6.07 Å². The first-order chi connectivity index (χ1) is 6.86. The molecule has 0 unspecified atom stereocenters. The molecule has 1 fully saturated rings. The summed E-state index contributed by atoms with van der Waals surface area (Å²) in [6.45, 7) is 0. The first kappa shape index (κ1) is 8.48. The van der Waals surface area contributed by atoms with E-state index in [2.05, 4.69) is 43.7 Å². The van der Waals surface area contributed by atoms with Gasteiger partial charge in [0, 0.05) is 6.04 Å². The highest BCUT2D eigenvalue weighted by Gasteiger charge is 2.23. The zero-order chi connectivity index (χ0) is 9.54. The Labute approximate surface area is 91.1 Å². The Morgan fingerprint density at radius 1 is 1.29 bits per heavy atom. The lowest BCUT2D eigenvalue weighted by molar-refractivity contribution is 0.316. The lowest BCUT2D eigenvalue weighted by atomic mass is 9.93. The van der Waals surface area contributed by atoms with Crippen LogP contribution in [0.15, 0.2) is 29.0 Å². The second-order valence-electron chi connectivity index (χ2n) is 3.82. The Morgan fingerprint density at radius 3 is 2.79 bits per heavy atom. The van der Waals surface area contributed by atoms with Crippen LogP contribution in [0.5, 0.6) is 0 Å². The molecule has 14 heavy (non-hydrogen) atoms. The first-order valence-electron chi connectivity index (χ1n) is 4.99. The molecule has 1 aromatic carbocycles. The number of nitrogens with zero attached hydrogens (tertiary/aromatic N) is 2. The molecule has 0 aliphatic heterocycles. The maximum absolute atomic E-state index is 4.50. The maximum Gasteiger partial charge on any atom is 0.178 e. The van der Waals surface area contributed by atoms with Crippen molar-refractivity contribution in [3.63, 3.8) is 0 Å². The van der Waals surface area contributed by atoms with Crippen molar-refractivity contribution in [2.75, 3.05) is 0 Å². The van der Waals surface area contributed by atoms with Gasteiger partial charge in [-0.15, -0.1) is 0 Å². The van der Waals surface area contributed by atoms with E-state index in [1.54, 1.807) is 0 Å². The van der Waals surface area contributed by atoms with Gasteiger partial charge in [-0.2, -0.15) is 0 Å². The van der Waals surface area contributed by atoms with E-state index >= 15 is 0 Å². The first-order valence-corrected chi connectivity index (χ1v) is 5.78. The van der Waals surface area contributed by atoms with Gasteiger partial charge in [-0.25, -0.2) is 4.98 Å². The van der Waals surface area contributed by atoms with Crippen molar-refractivity contribution in [3.8, 4) is 0 Å². The Balaban J connectivity index is 2.24. The van der Waals surface area contributed by atoms with E-state index in [4.69, 9.17) is 0 Å². The van der Waals surface area contributed by atoms with E-state index in [0.29, 0.717) is 6.04 Å². The fourth-order valence-electron chi connectivity index (χ4n) is 2.01. The highest BCUT2D eigenvalue weighted by molar-refractivity contribution is 9.10. The summed E-state index contributed by atoms with van der Waals surface area (Å²) in [6, 6.07) is 8.98. The van der Waals surface area contributed by atoms with Crippen LogP contribution >= 0.6 is 15.9 Å². The molecular weight excluding hydrogens is 240 g/mol. The fourth-order valence-corrected chi connectivity index (χ4v) is 2.68. The van der Waals surface area contributed by atoms with Crippen molar-refractivity contribution in [2.24, 2.45) is 0 Å². The number of aromatic nitrogens is 2. The van der Waals surface area contributed by atoms with Crippen LogP contribution in [0.4, 0.5) is 0 Å². The van der Waals surface area contributed by atoms with Gasteiger partial charge < -0.3 is 4.57 Å². The Hall–Kier alpha value is -0.830. The molecule has 2 aromatic rings. The van der Waals surface area contributed by atoms with Gasteiger partial charge in [0.2, 0.25) is 0 Å². The van der Waals surface area contributed by atoms with Crippen molar-refractivity contribution in [1.29, 1.82) is 0 Å². The summed E-state index contributed by atoms with van der Waals surface area (Å²) in [6.07, 6.45) is 3.93. The molecule has 1 saturated carbocycles. The van der Waals surface area contributed by atoms with Crippen molar-refractivity contribution >= 4 is 27.0 Å². The molecule has 0 spiro atoms. The molecule has 0 bridgehead atoms. The lowest BCUT2D eigenvalue weighted by Crippen LogP contribution is -2.16. The van der Waals surface area contributed by atoms with Crippen LogP contribution in [0, 0.1) is 0 Å². The number of rotatable bonds is 1. The Morgan fingerprint density at radius 2 is 2.07 bits per heavy atom. The van der Waals surface area contributed by atoms with Crippen molar-refractivity contribution in [2.45, 2.75) is 25.3 Å². The number of hydrogen-bond acceptors (Lipinski definition) is 1. The number of halogens is 1. The number of para-hydroxylation sites is 2. The third kappa shape index (κ3) is 1.12. The summed E-state index contributed by atoms with van der Waals surface area (Å²) >= 11 is 3.54. The van der Waals surface area contributed by atoms with Gasteiger partial charge >= 0.3 is 0 Å². The second-order valence-corrected chi connectivity index (χ2v) is 4.53. The fraction of sp³-hybridized carbons (Fsp3) is 0.364. The molecule has 1 aliphatic carbocycles. The van der Waals surface area contributed by atoms with E-state index in [0.717, 1.165) is 10.3 Å². The van der Waals surface area contributed by atoms with Gasteiger partial charge in [-0.1, -0.05) is 12.1 Å². The smallest absolute Gasteiger partial charge is 0.178 e. The van der Waals surface area contributed by atoms with Crippen LogP contribution in [-0.2, 0) is 0 Å². The molecule has 0 saturated heterocycles. The van der Waals surface area contributed by atoms with Crippen LogP contribution in [0.25, 0.3) is 11.0 Å². The average Bonchev–Trinajstić information content (AvgIpc) is 2.41. The minimum atomic E-state index is 0.664. The van der Waals surface area contributed by atoms with Crippen LogP contribution in [0.1, 0.15) is 25.3 Å². The quantitative estimate of drug-likeness (QED) is 0.758. The maximum atomic E-state index is 4.50. The molecule has 1 heterocycles. The van der Waals surface area contributed by atoms with Crippen LogP contribution < -0.4 is 0 Å². The van der Waals surface area contributed by atoms with Gasteiger partial charge in [0.25, 0.3) is 0 Å².